The van der Waals surface area contributed by atoms with Crippen molar-refractivity contribution in [2.75, 3.05) is 0 Å². The molecule has 1 heterocycles. The lowest BCUT2D eigenvalue weighted by molar-refractivity contribution is 0.0696. The van der Waals surface area contributed by atoms with Crippen LogP contribution in [-0.2, 0) is 10.0 Å². The van der Waals surface area contributed by atoms with Gasteiger partial charge in [0.05, 0.1) is 10.4 Å². The first-order valence-corrected chi connectivity index (χ1v) is 7.75. The quantitative estimate of drug-likeness (QED) is 0.772. The Morgan fingerprint density at radius 3 is 2.18 bits per heavy atom. The Kier molecular flexibility index (Phi) is 3.14. The van der Waals surface area contributed by atoms with Crippen LogP contribution in [0.1, 0.15) is 10.4 Å². The normalized spacial score (nSPS) is 11.6. The number of aromatic nitrogens is 1. The lowest BCUT2D eigenvalue weighted by atomic mass is 10.2. The minimum absolute atomic E-state index is 0.0389. The van der Waals surface area contributed by atoms with E-state index < -0.39 is 27.4 Å². The fraction of sp³-hybridized carbons (Fsp3) is 0. The molecule has 0 bridgehead atoms. The second-order valence-corrected chi connectivity index (χ2v) is 6.39. The van der Waals surface area contributed by atoms with Gasteiger partial charge < -0.3 is 10.2 Å². The van der Waals surface area contributed by atoms with Gasteiger partial charge in [-0.15, -0.1) is 0 Å². The summed E-state index contributed by atoms with van der Waals surface area (Å²) in [5.41, 5.74) is -0.323. The molecule has 0 aliphatic heterocycles. The van der Waals surface area contributed by atoms with Crippen molar-refractivity contribution in [3.05, 3.63) is 60.2 Å². The highest BCUT2D eigenvalue weighted by Crippen LogP contribution is 2.34. The number of hydrogen-bond donors (Lipinski definition) is 2. The highest BCUT2D eigenvalue weighted by molar-refractivity contribution is 7.90. The Morgan fingerprint density at radius 1 is 0.955 bits per heavy atom. The zero-order chi connectivity index (χ0) is 15.9. The van der Waals surface area contributed by atoms with E-state index in [4.69, 9.17) is 0 Å². The Balaban J connectivity index is 2.42. The summed E-state index contributed by atoms with van der Waals surface area (Å²) in [4.78, 5) is 11.3. The van der Waals surface area contributed by atoms with Crippen molar-refractivity contribution in [3.63, 3.8) is 0 Å². The molecule has 3 aromatic rings. The second kappa shape index (κ2) is 4.88. The molecule has 6 nitrogen and oxygen atoms in total. The largest absolute Gasteiger partial charge is 0.493 e. The first kappa shape index (κ1) is 14.2. The SMILES string of the molecule is O=C(O)c1c(O)n(S(=O)(=O)c2ccccc2)c2ccccc12. The predicted octanol–water partition coefficient (Wildman–Crippen LogP) is 2.28. The zero-order valence-corrected chi connectivity index (χ0v) is 12.0. The van der Waals surface area contributed by atoms with Crippen LogP contribution in [0.15, 0.2) is 59.5 Å². The van der Waals surface area contributed by atoms with Gasteiger partial charge in [0.1, 0.15) is 5.56 Å². The van der Waals surface area contributed by atoms with E-state index in [0.717, 1.165) is 0 Å². The fourth-order valence-electron chi connectivity index (χ4n) is 2.35. The van der Waals surface area contributed by atoms with Crippen molar-refractivity contribution in [3.8, 4) is 5.88 Å². The monoisotopic (exact) mass is 317 g/mol. The van der Waals surface area contributed by atoms with Gasteiger partial charge in [-0.1, -0.05) is 36.4 Å². The maximum Gasteiger partial charge on any atom is 0.341 e. The van der Waals surface area contributed by atoms with E-state index in [1.807, 2.05) is 0 Å². The Labute approximate surface area is 125 Å². The molecule has 1 aromatic heterocycles. The van der Waals surface area contributed by atoms with Crippen molar-refractivity contribution >= 4 is 26.9 Å². The first-order valence-electron chi connectivity index (χ1n) is 6.31. The molecule has 0 aliphatic rings. The van der Waals surface area contributed by atoms with E-state index >= 15 is 0 Å². The van der Waals surface area contributed by atoms with E-state index in [1.165, 1.54) is 24.3 Å². The molecule has 0 amide bonds. The van der Waals surface area contributed by atoms with Crippen LogP contribution in [0.3, 0.4) is 0 Å². The molecule has 0 saturated heterocycles. The molecular weight excluding hydrogens is 306 g/mol. The summed E-state index contributed by atoms with van der Waals surface area (Å²) >= 11 is 0. The number of nitrogens with zero attached hydrogens (tertiary/aromatic N) is 1. The van der Waals surface area contributed by atoms with Gasteiger partial charge in [0.2, 0.25) is 5.88 Å². The van der Waals surface area contributed by atoms with Crippen molar-refractivity contribution < 1.29 is 23.4 Å². The van der Waals surface area contributed by atoms with Crippen molar-refractivity contribution in [2.24, 2.45) is 0 Å². The van der Waals surface area contributed by atoms with Gasteiger partial charge >= 0.3 is 5.97 Å². The third-order valence-electron chi connectivity index (χ3n) is 3.30. The molecule has 0 aliphatic carbocycles. The predicted molar refractivity (Wildman–Crippen MR) is 79.6 cm³/mol. The van der Waals surface area contributed by atoms with Crippen LogP contribution in [-0.4, -0.2) is 28.6 Å². The molecular formula is C15H11NO5S. The first-order chi connectivity index (χ1) is 10.4. The number of hydrogen-bond acceptors (Lipinski definition) is 4. The van der Waals surface area contributed by atoms with Crippen LogP contribution in [0.4, 0.5) is 0 Å². The molecule has 7 heteroatoms. The van der Waals surface area contributed by atoms with Gasteiger partial charge in [-0.05, 0) is 18.2 Å². The summed E-state index contributed by atoms with van der Waals surface area (Å²) in [5.74, 6) is -2.20. The highest BCUT2D eigenvalue weighted by Gasteiger charge is 2.29. The molecule has 0 saturated carbocycles. The van der Waals surface area contributed by atoms with Gasteiger partial charge in [0, 0.05) is 5.39 Å². The molecule has 22 heavy (non-hydrogen) atoms. The van der Waals surface area contributed by atoms with E-state index in [9.17, 15) is 23.4 Å². The fourth-order valence-corrected chi connectivity index (χ4v) is 3.80. The van der Waals surface area contributed by atoms with E-state index in [-0.39, 0.29) is 15.8 Å². The van der Waals surface area contributed by atoms with Crippen LogP contribution in [0.2, 0.25) is 0 Å². The lowest BCUT2D eigenvalue weighted by Gasteiger charge is -2.08. The third-order valence-corrected chi connectivity index (χ3v) is 5.02. The molecule has 0 spiro atoms. The number of carboxylic acid groups (broad SMARTS) is 1. The third kappa shape index (κ3) is 1.94. The van der Waals surface area contributed by atoms with Crippen molar-refractivity contribution in [1.29, 1.82) is 0 Å². The summed E-state index contributed by atoms with van der Waals surface area (Å²) in [6.45, 7) is 0. The van der Waals surface area contributed by atoms with Crippen molar-refractivity contribution in [2.45, 2.75) is 4.90 Å². The average molecular weight is 317 g/mol. The van der Waals surface area contributed by atoms with Crippen molar-refractivity contribution in [1.82, 2.24) is 3.97 Å². The van der Waals surface area contributed by atoms with E-state index in [1.54, 1.807) is 30.3 Å². The molecule has 0 unspecified atom stereocenters. The second-order valence-electron chi connectivity index (χ2n) is 4.60. The number of para-hydroxylation sites is 1. The maximum atomic E-state index is 12.7. The maximum absolute atomic E-state index is 12.7. The number of benzene rings is 2. The summed E-state index contributed by atoms with van der Waals surface area (Å²) in [6, 6.07) is 13.6. The summed E-state index contributed by atoms with van der Waals surface area (Å²) < 4.78 is 26.1. The van der Waals surface area contributed by atoms with Gasteiger partial charge in [-0.25, -0.2) is 17.2 Å². The van der Waals surface area contributed by atoms with Crippen LogP contribution < -0.4 is 0 Å². The minimum atomic E-state index is -4.11. The molecule has 0 fully saturated rings. The van der Waals surface area contributed by atoms with Crippen LogP contribution in [0, 0.1) is 0 Å². The summed E-state index contributed by atoms with van der Waals surface area (Å²) in [5, 5.41) is 19.6. The van der Waals surface area contributed by atoms with Crippen LogP contribution >= 0.6 is 0 Å². The number of carboxylic acids is 1. The van der Waals surface area contributed by atoms with Gasteiger partial charge in [0.15, 0.2) is 0 Å². The Morgan fingerprint density at radius 2 is 1.55 bits per heavy atom. The molecule has 112 valence electrons. The number of fused-ring (bicyclic) bond motifs is 1. The lowest BCUT2D eigenvalue weighted by Crippen LogP contribution is -2.12. The topological polar surface area (TPSA) is 96.6 Å². The number of aromatic carboxylic acids is 1. The van der Waals surface area contributed by atoms with E-state index in [2.05, 4.69) is 0 Å². The molecule has 2 aromatic carbocycles. The number of rotatable bonds is 3. The number of carbonyl (C=O) groups is 1. The smallest absolute Gasteiger partial charge is 0.341 e. The summed E-state index contributed by atoms with van der Waals surface area (Å²) in [7, 11) is -4.11. The van der Waals surface area contributed by atoms with E-state index in [0.29, 0.717) is 3.97 Å². The van der Waals surface area contributed by atoms with Gasteiger partial charge in [-0.3, -0.25) is 0 Å². The molecule has 0 atom stereocenters. The van der Waals surface area contributed by atoms with Crippen LogP contribution in [0.5, 0.6) is 5.88 Å². The standard InChI is InChI=1S/C15H11NO5S/c17-14-13(15(18)19)11-8-4-5-9-12(11)16(14)22(20,21)10-6-2-1-3-7-10/h1-9,17H,(H,18,19). The number of aromatic hydroxyl groups is 1. The van der Waals surface area contributed by atoms with Crippen LogP contribution in [0.25, 0.3) is 10.9 Å². The highest BCUT2D eigenvalue weighted by atomic mass is 32.2. The van der Waals surface area contributed by atoms with Gasteiger partial charge in [-0.2, -0.15) is 0 Å². The minimum Gasteiger partial charge on any atom is -0.493 e. The van der Waals surface area contributed by atoms with Gasteiger partial charge in [0.25, 0.3) is 10.0 Å². The summed E-state index contributed by atoms with van der Waals surface area (Å²) in [6.07, 6.45) is 0. The Hall–Kier alpha value is -2.80. The molecule has 2 N–H and O–H groups in total. The molecule has 0 radical (unpaired) electrons. The Bertz CT molecular complexity index is 974. The zero-order valence-electron chi connectivity index (χ0n) is 11.2. The molecule has 3 rings (SSSR count). The average Bonchev–Trinajstić information content (AvgIpc) is 2.80.